The number of carbonyl (C=O) groups is 3. The minimum absolute atomic E-state index is 0.0760. The van der Waals surface area contributed by atoms with E-state index in [2.05, 4.69) is 57.2 Å². The Labute approximate surface area is 353 Å². The van der Waals surface area contributed by atoms with E-state index in [1.54, 1.807) is 0 Å². The standard InChI is InChI=1S/C51H92O6/c1-4-7-10-13-16-19-21-23-24-25-26-28-29-32-35-38-41-44-50(53)56-47-48(46-55-49(52)43-40-37-34-31-18-15-12-9-6-3)57-51(54)45-42-39-36-33-30-27-22-20-17-14-11-8-5-2/h16,19,23-24,26,28,48H,4-15,17-18,20-22,25,27,29-47H2,1-3H3/b19-16-,24-23-,28-26-/t48-/m1/s1. The molecule has 57 heavy (non-hydrogen) atoms. The number of unbranched alkanes of at least 4 members (excludes halogenated alkanes) is 27. The molecule has 0 heterocycles. The summed E-state index contributed by atoms with van der Waals surface area (Å²) < 4.78 is 16.7. The van der Waals surface area contributed by atoms with Crippen molar-refractivity contribution in [1.29, 1.82) is 0 Å². The van der Waals surface area contributed by atoms with Gasteiger partial charge in [0, 0.05) is 19.3 Å². The Bertz CT molecular complexity index is 969. The molecule has 0 aromatic heterocycles. The zero-order valence-electron chi connectivity index (χ0n) is 37.9. The van der Waals surface area contributed by atoms with Crippen LogP contribution in [0.3, 0.4) is 0 Å². The maximum Gasteiger partial charge on any atom is 0.306 e. The van der Waals surface area contributed by atoms with Gasteiger partial charge in [0.25, 0.3) is 0 Å². The number of allylic oxidation sites excluding steroid dienone is 6. The second-order valence-corrected chi connectivity index (χ2v) is 16.4. The van der Waals surface area contributed by atoms with E-state index >= 15 is 0 Å². The van der Waals surface area contributed by atoms with Crippen LogP contribution >= 0.6 is 0 Å². The first-order valence-corrected chi connectivity index (χ1v) is 24.5. The molecule has 0 bridgehead atoms. The molecule has 0 rings (SSSR count). The normalized spacial score (nSPS) is 12.3. The minimum Gasteiger partial charge on any atom is -0.462 e. The summed E-state index contributed by atoms with van der Waals surface area (Å²) in [5.74, 6) is -0.894. The van der Waals surface area contributed by atoms with Gasteiger partial charge in [0.1, 0.15) is 13.2 Å². The van der Waals surface area contributed by atoms with E-state index in [9.17, 15) is 14.4 Å². The monoisotopic (exact) mass is 801 g/mol. The van der Waals surface area contributed by atoms with Crippen molar-refractivity contribution in [3.8, 4) is 0 Å². The van der Waals surface area contributed by atoms with E-state index in [4.69, 9.17) is 14.2 Å². The van der Waals surface area contributed by atoms with Gasteiger partial charge in [0.2, 0.25) is 0 Å². The second kappa shape index (κ2) is 46.3. The predicted molar refractivity (Wildman–Crippen MR) is 242 cm³/mol. The van der Waals surface area contributed by atoms with Gasteiger partial charge in [0.05, 0.1) is 0 Å². The Kier molecular flexibility index (Phi) is 44.4. The number of hydrogen-bond donors (Lipinski definition) is 0. The van der Waals surface area contributed by atoms with Crippen molar-refractivity contribution in [2.24, 2.45) is 0 Å². The summed E-state index contributed by atoms with van der Waals surface area (Å²) >= 11 is 0. The van der Waals surface area contributed by atoms with Crippen molar-refractivity contribution in [2.75, 3.05) is 13.2 Å². The first-order chi connectivity index (χ1) is 28.0. The third-order valence-electron chi connectivity index (χ3n) is 10.6. The molecule has 6 nitrogen and oxygen atoms in total. The fourth-order valence-corrected chi connectivity index (χ4v) is 6.92. The van der Waals surface area contributed by atoms with E-state index < -0.39 is 6.10 Å². The number of ether oxygens (including phenoxy) is 3. The number of rotatable bonds is 44. The van der Waals surface area contributed by atoms with Crippen LogP contribution in [0.15, 0.2) is 36.5 Å². The molecule has 6 heteroatoms. The first-order valence-electron chi connectivity index (χ1n) is 24.5. The van der Waals surface area contributed by atoms with Crippen LogP contribution in [0.5, 0.6) is 0 Å². The van der Waals surface area contributed by atoms with Crippen LogP contribution in [0.25, 0.3) is 0 Å². The average Bonchev–Trinajstić information content (AvgIpc) is 3.21. The lowest BCUT2D eigenvalue weighted by Crippen LogP contribution is -2.30. The summed E-state index contributed by atoms with van der Waals surface area (Å²) in [7, 11) is 0. The fraction of sp³-hybridized carbons (Fsp3) is 0.824. The molecule has 0 N–H and O–H groups in total. The summed E-state index contributed by atoms with van der Waals surface area (Å²) in [6, 6.07) is 0. The summed E-state index contributed by atoms with van der Waals surface area (Å²) in [5.41, 5.74) is 0. The SMILES string of the molecule is CCCCC/C=C\C/C=C\C/C=C\CCCCCCC(=O)OC[C@@H](COC(=O)CCCCCCCCCCC)OC(=O)CCCCCCCCCCCCCCC. The molecule has 0 unspecified atom stereocenters. The number of esters is 3. The van der Waals surface area contributed by atoms with Crippen LogP contribution in [0.1, 0.15) is 252 Å². The van der Waals surface area contributed by atoms with Gasteiger partial charge in [0.15, 0.2) is 6.10 Å². The molecular formula is C51H92O6. The minimum atomic E-state index is -0.774. The summed E-state index contributed by atoms with van der Waals surface area (Å²) in [5, 5.41) is 0. The van der Waals surface area contributed by atoms with Gasteiger partial charge in [-0.1, -0.05) is 211 Å². The predicted octanol–water partition coefficient (Wildman–Crippen LogP) is 15.8. The molecule has 0 aromatic carbocycles. The molecule has 0 aliphatic rings. The average molecular weight is 801 g/mol. The first kappa shape index (κ1) is 54.6. The van der Waals surface area contributed by atoms with Gasteiger partial charge in [-0.2, -0.15) is 0 Å². The molecule has 1 atom stereocenters. The quantitative estimate of drug-likeness (QED) is 0.0264. The Morgan fingerprint density at radius 1 is 0.351 bits per heavy atom. The Balaban J connectivity index is 4.35. The van der Waals surface area contributed by atoms with E-state index in [1.807, 2.05) is 0 Å². The third kappa shape index (κ3) is 44.6. The maximum absolute atomic E-state index is 12.7. The molecule has 0 aromatic rings. The summed E-state index contributed by atoms with van der Waals surface area (Å²) in [6.45, 7) is 6.58. The van der Waals surface area contributed by atoms with E-state index in [0.29, 0.717) is 19.3 Å². The summed E-state index contributed by atoms with van der Waals surface area (Å²) in [4.78, 5) is 37.8. The van der Waals surface area contributed by atoms with E-state index in [-0.39, 0.29) is 31.1 Å². The molecule has 0 aliphatic heterocycles. The Hall–Kier alpha value is -2.37. The Morgan fingerprint density at radius 2 is 0.632 bits per heavy atom. The highest BCUT2D eigenvalue weighted by atomic mass is 16.6. The molecule has 332 valence electrons. The molecule has 0 saturated heterocycles. The topological polar surface area (TPSA) is 78.9 Å². The van der Waals surface area contributed by atoms with Gasteiger partial charge in [-0.15, -0.1) is 0 Å². The van der Waals surface area contributed by atoms with Gasteiger partial charge >= 0.3 is 17.9 Å². The van der Waals surface area contributed by atoms with Gasteiger partial charge in [-0.05, 0) is 57.8 Å². The molecule has 0 saturated carbocycles. The van der Waals surface area contributed by atoms with Gasteiger partial charge in [-0.25, -0.2) is 0 Å². The molecule has 0 radical (unpaired) electrons. The van der Waals surface area contributed by atoms with E-state index in [0.717, 1.165) is 83.5 Å². The molecule has 0 amide bonds. The van der Waals surface area contributed by atoms with Crippen LogP contribution in [-0.4, -0.2) is 37.2 Å². The molecule has 0 spiro atoms. The zero-order valence-corrected chi connectivity index (χ0v) is 37.9. The van der Waals surface area contributed by atoms with Crippen LogP contribution < -0.4 is 0 Å². The highest BCUT2D eigenvalue weighted by Gasteiger charge is 2.19. The lowest BCUT2D eigenvalue weighted by Gasteiger charge is -2.18. The van der Waals surface area contributed by atoms with Crippen molar-refractivity contribution in [2.45, 2.75) is 258 Å². The lowest BCUT2D eigenvalue weighted by atomic mass is 10.0. The van der Waals surface area contributed by atoms with Crippen molar-refractivity contribution in [3.63, 3.8) is 0 Å². The molecule has 0 aliphatic carbocycles. The molecule has 0 fully saturated rings. The van der Waals surface area contributed by atoms with Crippen LogP contribution in [0.4, 0.5) is 0 Å². The van der Waals surface area contributed by atoms with Crippen molar-refractivity contribution in [3.05, 3.63) is 36.5 Å². The van der Waals surface area contributed by atoms with Crippen LogP contribution in [-0.2, 0) is 28.6 Å². The lowest BCUT2D eigenvalue weighted by molar-refractivity contribution is -0.167. The van der Waals surface area contributed by atoms with Crippen molar-refractivity contribution in [1.82, 2.24) is 0 Å². The van der Waals surface area contributed by atoms with Crippen LogP contribution in [0, 0.1) is 0 Å². The number of hydrogen-bond acceptors (Lipinski definition) is 6. The van der Waals surface area contributed by atoms with E-state index in [1.165, 1.54) is 128 Å². The highest BCUT2D eigenvalue weighted by Crippen LogP contribution is 2.15. The number of carbonyl (C=O) groups excluding carboxylic acids is 3. The van der Waals surface area contributed by atoms with Gasteiger partial charge in [-0.3, -0.25) is 14.4 Å². The third-order valence-corrected chi connectivity index (χ3v) is 10.6. The van der Waals surface area contributed by atoms with Gasteiger partial charge < -0.3 is 14.2 Å². The maximum atomic E-state index is 12.7. The van der Waals surface area contributed by atoms with Crippen molar-refractivity contribution >= 4 is 17.9 Å². The largest absolute Gasteiger partial charge is 0.462 e. The zero-order chi connectivity index (χ0) is 41.5. The van der Waals surface area contributed by atoms with Crippen molar-refractivity contribution < 1.29 is 28.6 Å². The molecular weight excluding hydrogens is 709 g/mol. The summed E-state index contributed by atoms with van der Waals surface area (Å²) in [6.07, 6.45) is 52.7. The van der Waals surface area contributed by atoms with Crippen LogP contribution in [0.2, 0.25) is 0 Å². The highest BCUT2D eigenvalue weighted by molar-refractivity contribution is 5.71. The second-order valence-electron chi connectivity index (χ2n) is 16.4. The fourth-order valence-electron chi connectivity index (χ4n) is 6.92. The Morgan fingerprint density at radius 3 is 1.02 bits per heavy atom. The smallest absolute Gasteiger partial charge is 0.306 e.